The van der Waals surface area contributed by atoms with E-state index in [1.54, 1.807) is 14.2 Å². The quantitative estimate of drug-likeness (QED) is 0.0111. The molecule has 0 bridgehead atoms. The number of rotatable bonds is 35. The van der Waals surface area contributed by atoms with Gasteiger partial charge >= 0.3 is 14.5 Å². The zero-order valence-electron chi connectivity index (χ0n) is 36.7. The first-order chi connectivity index (χ1) is 28.9. The van der Waals surface area contributed by atoms with Crippen molar-refractivity contribution in [2.24, 2.45) is 0 Å². The van der Waals surface area contributed by atoms with Gasteiger partial charge in [0.2, 0.25) is 0 Å². The number of unbranched alkanes of at least 4 members (excludes halogenated alkanes) is 18. The number of carboxylic acid groups (broad SMARTS) is 1. The summed E-state index contributed by atoms with van der Waals surface area (Å²) < 4.78 is 16.4. The van der Waals surface area contributed by atoms with Gasteiger partial charge in [0.25, 0.3) is 0 Å². The average molecular weight is 841 g/mol. The highest BCUT2D eigenvalue weighted by molar-refractivity contribution is 7.43. The molecule has 0 radical (unpaired) electrons. The molecule has 12 heteroatoms. The molecule has 0 saturated heterocycles. The van der Waals surface area contributed by atoms with E-state index in [4.69, 9.17) is 24.1 Å². The lowest BCUT2D eigenvalue weighted by Crippen LogP contribution is -2.36. The second-order valence-electron chi connectivity index (χ2n) is 15.0. The van der Waals surface area contributed by atoms with Crippen LogP contribution in [0, 0.1) is 0 Å². The number of benzene rings is 3. The van der Waals surface area contributed by atoms with Crippen LogP contribution in [-0.4, -0.2) is 49.8 Å². The molecule has 0 amide bonds. The predicted molar refractivity (Wildman–Crippen MR) is 242 cm³/mol. The van der Waals surface area contributed by atoms with E-state index in [1.807, 2.05) is 78.9 Å². The first kappa shape index (κ1) is 52.0. The van der Waals surface area contributed by atoms with Crippen molar-refractivity contribution in [1.29, 1.82) is 0 Å². The number of hydrazine groups is 2. The van der Waals surface area contributed by atoms with Crippen LogP contribution in [-0.2, 0) is 20.0 Å². The Labute approximate surface area is 357 Å². The molecule has 0 aliphatic rings. The van der Waals surface area contributed by atoms with E-state index in [-0.39, 0.29) is 6.54 Å². The lowest BCUT2D eigenvalue weighted by molar-refractivity contribution is -0.270. The normalized spacial score (nSPS) is 11.8. The SMILES string of the molecule is CCCCCCCCCCCCNNCC(=O)O.CCCCCCCCCCCCNNP(O)OOC(c1ccccc1)(c1ccc(OC)cc1)c1ccc(OC)cc1. The summed E-state index contributed by atoms with van der Waals surface area (Å²) in [6, 6.07) is 25.1. The van der Waals surface area contributed by atoms with Gasteiger partial charge in [-0.15, -0.1) is 0 Å². The number of hydrogen-bond acceptors (Lipinski definition) is 10. The summed E-state index contributed by atoms with van der Waals surface area (Å²) in [5, 5.41) is 11.2. The van der Waals surface area contributed by atoms with Crippen LogP contribution in [0.15, 0.2) is 78.9 Å². The summed E-state index contributed by atoms with van der Waals surface area (Å²) in [5.41, 5.74) is 9.98. The van der Waals surface area contributed by atoms with Gasteiger partial charge in [0.05, 0.1) is 14.2 Å². The van der Waals surface area contributed by atoms with E-state index >= 15 is 0 Å². The Balaban J connectivity index is 0.000000561. The van der Waals surface area contributed by atoms with Crippen molar-refractivity contribution in [2.75, 3.05) is 33.9 Å². The number of ether oxygens (including phenoxy) is 2. The van der Waals surface area contributed by atoms with E-state index in [9.17, 15) is 9.69 Å². The van der Waals surface area contributed by atoms with Crippen LogP contribution >= 0.6 is 8.53 Å². The first-order valence-corrected chi connectivity index (χ1v) is 23.5. The van der Waals surface area contributed by atoms with Gasteiger partial charge in [0.1, 0.15) is 18.0 Å². The Hall–Kier alpha value is -3.12. The molecule has 59 heavy (non-hydrogen) atoms. The molecule has 0 saturated carbocycles. The molecule has 332 valence electrons. The van der Waals surface area contributed by atoms with E-state index in [1.165, 1.54) is 109 Å². The number of carboxylic acids is 1. The highest BCUT2D eigenvalue weighted by atomic mass is 31.2. The number of carbonyl (C=O) groups is 1. The lowest BCUT2D eigenvalue weighted by Gasteiger charge is -2.34. The topological polar surface area (TPSA) is 143 Å². The van der Waals surface area contributed by atoms with Crippen molar-refractivity contribution in [3.63, 3.8) is 0 Å². The highest BCUT2D eigenvalue weighted by Gasteiger charge is 2.40. The van der Waals surface area contributed by atoms with Crippen molar-refractivity contribution in [2.45, 2.75) is 148 Å². The minimum Gasteiger partial charge on any atom is -0.497 e. The largest absolute Gasteiger partial charge is 0.497 e. The van der Waals surface area contributed by atoms with Crippen molar-refractivity contribution < 1.29 is 33.8 Å². The van der Waals surface area contributed by atoms with Crippen LogP contribution in [0.4, 0.5) is 0 Å². The number of hydrogen-bond donors (Lipinski definition) is 6. The molecule has 0 aliphatic heterocycles. The van der Waals surface area contributed by atoms with Crippen LogP contribution in [0.1, 0.15) is 159 Å². The fourth-order valence-corrected chi connectivity index (χ4v) is 7.30. The maximum atomic E-state index is 10.7. The van der Waals surface area contributed by atoms with E-state index in [2.05, 4.69) is 35.3 Å². The summed E-state index contributed by atoms with van der Waals surface area (Å²) in [6.45, 7) is 6.08. The number of aliphatic carboxylic acids is 1. The summed E-state index contributed by atoms with van der Waals surface area (Å²) >= 11 is 0. The van der Waals surface area contributed by atoms with Gasteiger partial charge in [-0.25, -0.2) is 10.3 Å². The fraction of sp³-hybridized carbons (Fsp3) is 0.596. The molecule has 3 aromatic carbocycles. The second kappa shape index (κ2) is 34.6. The molecule has 1 unspecified atom stereocenters. The summed E-state index contributed by atoms with van der Waals surface area (Å²) in [6.07, 6.45) is 26.0. The molecule has 0 fully saturated rings. The minimum atomic E-state index is -2.11. The highest BCUT2D eigenvalue weighted by Crippen LogP contribution is 2.44. The summed E-state index contributed by atoms with van der Waals surface area (Å²) in [7, 11) is 1.16. The van der Waals surface area contributed by atoms with Gasteiger partial charge in [-0.3, -0.25) is 15.6 Å². The maximum absolute atomic E-state index is 10.7. The van der Waals surface area contributed by atoms with Gasteiger partial charge in [-0.1, -0.05) is 184 Å². The van der Waals surface area contributed by atoms with Gasteiger partial charge in [-0.05, 0) is 53.8 Å². The fourth-order valence-electron chi connectivity index (χ4n) is 6.83. The van der Waals surface area contributed by atoms with Gasteiger partial charge in [-0.2, -0.15) is 9.87 Å². The zero-order chi connectivity index (χ0) is 42.7. The molecule has 0 aromatic heterocycles. The molecule has 3 rings (SSSR count). The van der Waals surface area contributed by atoms with Crippen LogP contribution in [0.2, 0.25) is 0 Å². The Morgan fingerprint density at radius 2 is 0.932 bits per heavy atom. The van der Waals surface area contributed by atoms with Gasteiger partial charge in [0, 0.05) is 13.1 Å². The van der Waals surface area contributed by atoms with E-state index in [0.29, 0.717) is 0 Å². The van der Waals surface area contributed by atoms with Crippen molar-refractivity contribution >= 4 is 14.5 Å². The third-order valence-electron chi connectivity index (χ3n) is 10.3. The number of nitrogens with one attached hydrogen (secondary N) is 4. The molecular weight excluding hydrogens is 764 g/mol. The molecule has 0 heterocycles. The van der Waals surface area contributed by atoms with Crippen LogP contribution in [0.5, 0.6) is 11.5 Å². The zero-order valence-corrected chi connectivity index (χ0v) is 37.5. The Morgan fingerprint density at radius 3 is 1.34 bits per heavy atom. The lowest BCUT2D eigenvalue weighted by atomic mass is 9.80. The Bertz CT molecular complexity index is 1370. The average Bonchev–Trinajstić information content (AvgIpc) is 3.26. The predicted octanol–water partition coefficient (Wildman–Crippen LogP) is 11.3. The van der Waals surface area contributed by atoms with Crippen LogP contribution in [0.25, 0.3) is 0 Å². The van der Waals surface area contributed by atoms with Crippen molar-refractivity contribution in [1.82, 2.24) is 21.5 Å². The first-order valence-electron chi connectivity index (χ1n) is 22.3. The van der Waals surface area contributed by atoms with Crippen LogP contribution in [0.3, 0.4) is 0 Å². The Kier molecular flexibility index (Phi) is 30.5. The standard InChI is InChI=1S/C33H47N2O5P.C14H30N2O2/c1-4-5-6-7-8-9-10-11-12-16-27-34-35-41(36)40-39-33(28-17-14-13-15-18-28,29-19-23-31(37-2)24-20-29)30-21-25-32(38-3)26-22-30;1-2-3-4-5-6-7-8-9-10-11-12-15-16-13-14(17)18/h13-15,17-26,34-36H,4-12,16,27H2,1-3H3;15-16H,2-13H2,1H3,(H,17,18). The molecule has 0 aliphatic carbocycles. The second-order valence-corrected chi connectivity index (χ2v) is 15.9. The third-order valence-corrected chi connectivity index (χ3v) is 10.8. The van der Waals surface area contributed by atoms with Gasteiger partial charge < -0.3 is 19.5 Å². The van der Waals surface area contributed by atoms with E-state index in [0.717, 1.165) is 60.5 Å². The maximum Gasteiger partial charge on any atom is 0.318 e. The van der Waals surface area contributed by atoms with Crippen molar-refractivity contribution in [3.05, 3.63) is 95.6 Å². The number of methoxy groups -OCH3 is 2. The molecule has 1 atom stereocenters. The summed E-state index contributed by atoms with van der Waals surface area (Å²) in [5.74, 6) is 0.632. The smallest absolute Gasteiger partial charge is 0.318 e. The monoisotopic (exact) mass is 841 g/mol. The molecular formula is C47H77N4O7P. The van der Waals surface area contributed by atoms with Crippen LogP contribution < -0.4 is 30.9 Å². The van der Waals surface area contributed by atoms with E-state index < -0.39 is 20.1 Å². The van der Waals surface area contributed by atoms with Crippen molar-refractivity contribution in [3.8, 4) is 11.5 Å². The Morgan fingerprint density at radius 1 is 0.542 bits per heavy atom. The molecule has 6 N–H and O–H groups in total. The molecule has 0 spiro atoms. The van der Waals surface area contributed by atoms with Gasteiger partial charge in [0.15, 0.2) is 5.60 Å². The molecule has 3 aromatic rings. The minimum absolute atomic E-state index is 0.0161. The molecule has 11 nitrogen and oxygen atoms in total. The third kappa shape index (κ3) is 22.9. The summed E-state index contributed by atoms with van der Waals surface area (Å²) in [4.78, 5) is 27.1.